The van der Waals surface area contributed by atoms with Crippen molar-refractivity contribution in [2.75, 3.05) is 30.8 Å². The van der Waals surface area contributed by atoms with Gasteiger partial charge in [0.1, 0.15) is 0 Å². The number of aryl methyl sites for hydroxylation is 1. The smallest absolute Gasteiger partial charge is 0.223 e. The molecule has 0 spiro atoms. The van der Waals surface area contributed by atoms with E-state index in [0.717, 1.165) is 16.9 Å². The number of nitrogens with zero attached hydrogens (tertiary/aromatic N) is 5. The summed E-state index contributed by atoms with van der Waals surface area (Å²) < 4.78 is 26.9. The predicted octanol–water partition coefficient (Wildman–Crippen LogP) is 1.01. The van der Waals surface area contributed by atoms with E-state index in [4.69, 9.17) is 0 Å². The number of aromatic nitrogens is 2. The Balaban J connectivity index is 1.48. The fraction of sp³-hybridized carbons (Fsp3) is 0.500. The van der Waals surface area contributed by atoms with Gasteiger partial charge in [0.05, 0.1) is 42.5 Å². The number of piperidine rings is 1. The van der Waals surface area contributed by atoms with Crippen LogP contribution in [0, 0.1) is 17.2 Å². The topological polar surface area (TPSA) is 111 Å². The lowest BCUT2D eigenvalue weighted by molar-refractivity contribution is -0.126. The van der Waals surface area contributed by atoms with E-state index in [9.17, 15) is 18.5 Å². The Morgan fingerprint density at radius 2 is 2.06 bits per heavy atom. The van der Waals surface area contributed by atoms with Gasteiger partial charge in [-0.1, -0.05) is 0 Å². The Morgan fingerprint density at radius 3 is 2.69 bits per heavy atom. The number of amides is 1. The predicted molar refractivity (Wildman–Crippen MR) is 120 cm³/mol. The van der Waals surface area contributed by atoms with Crippen molar-refractivity contribution >= 4 is 21.6 Å². The average molecular weight is 457 g/mol. The van der Waals surface area contributed by atoms with Gasteiger partial charge in [-0.3, -0.25) is 4.79 Å². The highest BCUT2D eigenvalue weighted by Gasteiger charge is 2.32. The number of sulfonamides is 1. The molecule has 9 nitrogen and oxygen atoms in total. The van der Waals surface area contributed by atoms with E-state index in [1.807, 2.05) is 36.0 Å². The molecular formula is C22H28N6O3S. The maximum atomic E-state index is 13.0. The molecule has 32 heavy (non-hydrogen) atoms. The third-order valence-electron chi connectivity index (χ3n) is 6.37. The highest BCUT2D eigenvalue weighted by Crippen LogP contribution is 2.30. The third-order valence-corrected chi connectivity index (χ3v) is 7.67. The van der Waals surface area contributed by atoms with E-state index < -0.39 is 10.0 Å². The number of hydrogen-bond donors (Lipinski definition) is 1. The lowest BCUT2D eigenvalue weighted by Crippen LogP contribution is -2.51. The van der Waals surface area contributed by atoms with E-state index in [1.54, 1.807) is 6.33 Å². The lowest BCUT2D eigenvalue weighted by Gasteiger charge is -2.37. The second-order valence-electron chi connectivity index (χ2n) is 8.68. The second-order valence-corrected chi connectivity index (χ2v) is 10.7. The fourth-order valence-corrected chi connectivity index (χ4v) is 5.44. The highest BCUT2D eigenvalue weighted by molar-refractivity contribution is 7.88. The number of fused-ring (bicyclic) bond motifs is 1. The number of carbonyl (C=O) groups excluding carboxylic acids is 1. The Hall–Kier alpha value is -2.90. The van der Waals surface area contributed by atoms with Crippen LogP contribution in [0.4, 0.5) is 5.69 Å². The van der Waals surface area contributed by atoms with Crippen LogP contribution in [-0.2, 0) is 34.8 Å². The first-order valence-electron chi connectivity index (χ1n) is 10.7. The third kappa shape index (κ3) is 4.79. The van der Waals surface area contributed by atoms with Gasteiger partial charge in [-0.05, 0) is 43.0 Å². The molecule has 1 fully saturated rings. The maximum Gasteiger partial charge on any atom is 0.223 e. The minimum Gasteiger partial charge on any atom is -0.363 e. The standard InChI is InChI=1S/C22H28N6O3S/c1-26-15-24-12-20(26)14-27-13-19(10-18-9-16(11-23)3-4-21(18)27)25-22(29)17-5-7-28(8-6-17)32(2,30)31/h3-4,9,12,15,17,19H,5-8,10,13-14H2,1-2H3,(H,25,29). The van der Waals surface area contributed by atoms with Gasteiger partial charge in [0.25, 0.3) is 0 Å². The van der Waals surface area contributed by atoms with E-state index in [-0.39, 0.29) is 17.9 Å². The average Bonchev–Trinajstić information content (AvgIpc) is 3.17. The number of nitrogens with one attached hydrogen (secondary N) is 1. The molecule has 170 valence electrons. The summed E-state index contributed by atoms with van der Waals surface area (Å²) in [5.41, 5.74) is 3.76. The summed E-state index contributed by atoms with van der Waals surface area (Å²) in [6, 6.07) is 7.80. The first-order valence-corrected chi connectivity index (χ1v) is 12.6. The Morgan fingerprint density at radius 1 is 1.31 bits per heavy atom. The summed E-state index contributed by atoms with van der Waals surface area (Å²) >= 11 is 0. The molecule has 0 bridgehead atoms. The molecule has 3 heterocycles. The highest BCUT2D eigenvalue weighted by atomic mass is 32.2. The van der Waals surface area contributed by atoms with E-state index in [0.29, 0.717) is 51.0 Å². The summed E-state index contributed by atoms with van der Waals surface area (Å²) in [5, 5.41) is 12.5. The van der Waals surface area contributed by atoms with Crippen molar-refractivity contribution in [1.82, 2.24) is 19.2 Å². The molecule has 1 unspecified atom stereocenters. The zero-order valence-corrected chi connectivity index (χ0v) is 19.2. The van der Waals surface area contributed by atoms with Gasteiger partial charge in [-0.2, -0.15) is 5.26 Å². The summed E-state index contributed by atoms with van der Waals surface area (Å²) in [7, 11) is -1.26. The van der Waals surface area contributed by atoms with E-state index in [2.05, 4.69) is 21.3 Å². The number of anilines is 1. The number of benzene rings is 1. The van der Waals surface area contributed by atoms with Gasteiger partial charge in [0, 0.05) is 44.5 Å². The SMILES string of the molecule is Cn1cncc1CN1CC(NC(=O)C2CCN(S(C)(=O)=O)CC2)Cc2cc(C#N)ccc21. The largest absolute Gasteiger partial charge is 0.363 e. The van der Waals surface area contributed by atoms with Crippen LogP contribution in [0.15, 0.2) is 30.7 Å². The Kier molecular flexibility index (Phi) is 6.22. The summed E-state index contributed by atoms with van der Waals surface area (Å²) in [6.45, 7) is 2.05. The molecule has 1 aromatic carbocycles. The second kappa shape index (κ2) is 8.92. The van der Waals surface area contributed by atoms with Crippen molar-refractivity contribution in [3.63, 3.8) is 0 Å². The minimum absolute atomic E-state index is 0.0245. The molecule has 2 aliphatic rings. The normalized spacial score (nSPS) is 19.9. The molecule has 1 N–H and O–H groups in total. The van der Waals surface area contributed by atoms with Gasteiger partial charge in [-0.25, -0.2) is 17.7 Å². The molecule has 1 saturated heterocycles. The first-order chi connectivity index (χ1) is 15.2. The molecule has 0 radical (unpaired) electrons. The zero-order chi connectivity index (χ0) is 22.9. The molecule has 1 amide bonds. The van der Waals surface area contributed by atoms with Gasteiger partial charge in [-0.15, -0.1) is 0 Å². The zero-order valence-electron chi connectivity index (χ0n) is 18.4. The Bertz CT molecular complexity index is 1140. The Labute approximate surface area is 188 Å². The molecule has 4 rings (SSSR count). The molecule has 2 aliphatic heterocycles. The quantitative estimate of drug-likeness (QED) is 0.719. The monoisotopic (exact) mass is 456 g/mol. The molecular weight excluding hydrogens is 428 g/mol. The van der Waals surface area contributed by atoms with E-state index in [1.165, 1.54) is 10.6 Å². The van der Waals surface area contributed by atoms with Crippen molar-refractivity contribution < 1.29 is 13.2 Å². The van der Waals surface area contributed by atoms with Crippen molar-refractivity contribution in [1.29, 1.82) is 5.26 Å². The number of imidazole rings is 1. The van der Waals surface area contributed by atoms with Crippen LogP contribution in [-0.4, -0.2) is 60.1 Å². The van der Waals surface area contributed by atoms with Crippen molar-refractivity contribution in [3.8, 4) is 6.07 Å². The number of nitriles is 1. The summed E-state index contributed by atoms with van der Waals surface area (Å²) in [6.07, 6.45) is 6.51. The van der Waals surface area contributed by atoms with Crippen LogP contribution < -0.4 is 10.2 Å². The lowest BCUT2D eigenvalue weighted by atomic mass is 9.93. The van der Waals surface area contributed by atoms with Gasteiger partial charge in [0.2, 0.25) is 15.9 Å². The van der Waals surface area contributed by atoms with Crippen LogP contribution in [0.25, 0.3) is 0 Å². The van der Waals surface area contributed by atoms with E-state index >= 15 is 0 Å². The molecule has 0 saturated carbocycles. The molecule has 2 aromatic rings. The maximum absolute atomic E-state index is 13.0. The fourth-order valence-electron chi connectivity index (χ4n) is 4.57. The number of carbonyl (C=O) groups is 1. The van der Waals surface area contributed by atoms with Crippen molar-refractivity contribution in [2.45, 2.75) is 31.8 Å². The van der Waals surface area contributed by atoms with Crippen LogP contribution in [0.1, 0.15) is 29.7 Å². The molecule has 0 aliphatic carbocycles. The van der Waals surface area contributed by atoms with Crippen LogP contribution in [0.2, 0.25) is 0 Å². The van der Waals surface area contributed by atoms with Crippen LogP contribution in [0.5, 0.6) is 0 Å². The molecule has 10 heteroatoms. The number of rotatable bonds is 5. The summed E-state index contributed by atoms with van der Waals surface area (Å²) in [5.74, 6) is -0.214. The molecule has 1 aromatic heterocycles. The molecule has 1 atom stereocenters. The van der Waals surface area contributed by atoms with Crippen LogP contribution >= 0.6 is 0 Å². The first kappa shape index (κ1) is 22.3. The number of hydrogen-bond acceptors (Lipinski definition) is 6. The van der Waals surface area contributed by atoms with Crippen molar-refractivity contribution in [3.05, 3.63) is 47.5 Å². The minimum atomic E-state index is -3.22. The van der Waals surface area contributed by atoms with Crippen molar-refractivity contribution in [2.24, 2.45) is 13.0 Å². The summed E-state index contributed by atoms with van der Waals surface area (Å²) in [4.78, 5) is 19.4. The van der Waals surface area contributed by atoms with Crippen LogP contribution in [0.3, 0.4) is 0 Å². The van der Waals surface area contributed by atoms with Gasteiger partial charge >= 0.3 is 0 Å². The van der Waals surface area contributed by atoms with Gasteiger partial charge < -0.3 is 14.8 Å². The van der Waals surface area contributed by atoms with Gasteiger partial charge in [0.15, 0.2) is 0 Å².